The van der Waals surface area contributed by atoms with Crippen molar-refractivity contribution in [3.05, 3.63) is 56.2 Å². The highest BCUT2D eigenvalue weighted by molar-refractivity contribution is 5.54. The quantitative estimate of drug-likeness (QED) is 0.889. The number of nitrogens with zero attached hydrogens (tertiary/aromatic N) is 3. The summed E-state index contributed by atoms with van der Waals surface area (Å²) < 4.78 is 7.83. The lowest BCUT2D eigenvalue weighted by Crippen LogP contribution is -2.40. The molecule has 7 heteroatoms. The predicted molar refractivity (Wildman–Crippen MR) is 84.6 cm³/mol. The second kappa shape index (κ2) is 5.65. The van der Waals surface area contributed by atoms with Crippen LogP contribution in [-0.4, -0.2) is 15.7 Å². The second-order valence-corrected chi connectivity index (χ2v) is 5.41. The van der Waals surface area contributed by atoms with Crippen molar-refractivity contribution in [1.29, 1.82) is 5.26 Å². The number of anilines is 1. The van der Waals surface area contributed by atoms with Gasteiger partial charge in [-0.3, -0.25) is 13.9 Å². The van der Waals surface area contributed by atoms with Gasteiger partial charge in [0.05, 0.1) is 12.6 Å². The van der Waals surface area contributed by atoms with E-state index in [4.69, 9.17) is 4.74 Å². The van der Waals surface area contributed by atoms with Gasteiger partial charge >= 0.3 is 5.69 Å². The van der Waals surface area contributed by atoms with Crippen LogP contribution in [-0.2, 0) is 14.1 Å². The average Bonchev–Trinajstić information content (AvgIpc) is 2.58. The minimum absolute atomic E-state index is 0.0708. The zero-order valence-corrected chi connectivity index (χ0v) is 12.9. The summed E-state index contributed by atoms with van der Waals surface area (Å²) in [5.41, 5.74) is -0.204. The number of rotatable bonds is 2. The highest BCUT2D eigenvalue weighted by Crippen LogP contribution is 2.33. The van der Waals surface area contributed by atoms with E-state index in [2.05, 4.69) is 5.32 Å². The van der Waals surface area contributed by atoms with E-state index in [1.54, 1.807) is 0 Å². The molecule has 0 saturated heterocycles. The fourth-order valence-electron chi connectivity index (χ4n) is 2.77. The fraction of sp³-hybridized carbons (Fsp3) is 0.312. The monoisotopic (exact) mass is 312 g/mol. The third-order valence-corrected chi connectivity index (χ3v) is 4.05. The molecular formula is C16H16N4O3. The van der Waals surface area contributed by atoms with E-state index in [9.17, 15) is 14.9 Å². The lowest BCUT2D eigenvalue weighted by molar-refractivity contribution is 0.274. The number of nitrogens with one attached hydrogen (secondary N) is 1. The van der Waals surface area contributed by atoms with Gasteiger partial charge in [0.2, 0.25) is 0 Å². The predicted octanol–water partition coefficient (Wildman–Crippen LogP) is 0.891. The van der Waals surface area contributed by atoms with Gasteiger partial charge in [-0.1, -0.05) is 18.2 Å². The smallest absolute Gasteiger partial charge is 0.332 e. The van der Waals surface area contributed by atoms with Gasteiger partial charge in [0, 0.05) is 26.1 Å². The highest BCUT2D eigenvalue weighted by Gasteiger charge is 2.24. The van der Waals surface area contributed by atoms with Gasteiger partial charge in [0.15, 0.2) is 5.56 Å². The van der Waals surface area contributed by atoms with Crippen LogP contribution in [0.5, 0.6) is 5.75 Å². The number of hydrogen-bond donors (Lipinski definition) is 1. The van der Waals surface area contributed by atoms with Gasteiger partial charge in [-0.15, -0.1) is 0 Å². The van der Waals surface area contributed by atoms with Crippen molar-refractivity contribution in [2.24, 2.45) is 14.1 Å². The van der Waals surface area contributed by atoms with Crippen molar-refractivity contribution < 1.29 is 4.74 Å². The van der Waals surface area contributed by atoms with Crippen molar-refractivity contribution >= 4 is 5.82 Å². The van der Waals surface area contributed by atoms with Gasteiger partial charge in [-0.2, -0.15) is 5.26 Å². The second-order valence-electron chi connectivity index (χ2n) is 5.41. The number of fused-ring (bicyclic) bond motifs is 1. The largest absolute Gasteiger partial charge is 0.493 e. The van der Waals surface area contributed by atoms with Crippen LogP contribution in [0.3, 0.4) is 0 Å². The van der Waals surface area contributed by atoms with Crippen LogP contribution in [0.2, 0.25) is 0 Å². The maximum atomic E-state index is 12.1. The molecule has 1 aliphatic heterocycles. The summed E-state index contributed by atoms with van der Waals surface area (Å²) >= 11 is 0. The molecule has 7 nitrogen and oxygen atoms in total. The first-order valence-electron chi connectivity index (χ1n) is 7.23. The summed E-state index contributed by atoms with van der Waals surface area (Å²) in [6.07, 6.45) is 0.672. The fourth-order valence-corrected chi connectivity index (χ4v) is 2.77. The number of hydrogen-bond acceptors (Lipinski definition) is 5. The molecule has 0 fully saturated rings. The molecule has 1 atom stereocenters. The zero-order chi connectivity index (χ0) is 16.6. The summed E-state index contributed by atoms with van der Waals surface area (Å²) in [6, 6.07) is 9.35. The zero-order valence-electron chi connectivity index (χ0n) is 12.9. The molecule has 0 saturated carbocycles. The minimum Gasteiger partial charge on any atom is -0.493 e. The molecule has 2 heterocycles. The molecule has 3 rings (SSSR count). The first kappa shape index (κ1) is 14.9. The minimum atomic E-state index is -0.599. The Morgan fingerprint density at radius 1 is 1.26 bits per heavy atom. The van der Waals surface area contributed by atoms with Crippen LogP contribution in [0, 0.1) is 11.3 Å². The summed E-state index contributed by atoms with van der Waals surface area (Å²) in [7, 11) is 2.90. The molecule has 0 unspecified atom stereocenters. The van der Waals surface area contributed by atoms with Crippen LogP contribution in [0.15, 0.2) is 33.9 Å². The van der Waals surface area contributed by atoms with Crippen molar-refractivity contribution in [2.75, 3.05) is 11.9 Å². The van der Waals surface area contributed by atoms with Crippen LogP contribution < -0.4 is 21.3 Å². The van der Waals surface area contributed by atoms with Gasteiger partial charge < -0.3 is 10.1 Å². The normalized spacial score (nSPS) is 16.1. The van der Waals surface area contributed by atoms with Crippen molar-refractivity contribution in [2.45, 2.75) is 12.5 Å². The Morgan fingerprint density at radius 3 is 2.74 bits per heavy atom. The Hall–Kier alpha value is -3.01. The number of para-hydroxylation sites is 1. The number of aromatic nitrogens is 2. The lowest BCUT2D eigenvalue weighted by Gasteiger charge is -2.28. The molecule has 23 heavy (non-hydrogen) atoms. The van der Waals surface area contributed by atoms with Crippen molar-refractivity contribution in [3.63, 3.8) is 0 Å². The van der Waals surface area contributed by atoms with E-state index in [0.717, 1.165) is 15.9 Å². The van der Waals surface area contributed by atoms with Gasteiger partial charge in [-0.05, 0) is 6.07 Å². The molecule has 0 spiro atoms. The Labute approximate surface area is 132 Å². The standard InChI is InChI=1S/C16H16N4O3/c1-19-14(11(9-17)15(21)20(2)16(19)22)18-12-7-8-23-13-6-4-3-5-10(12)13/h3-6,12,18H,7-8H2,1-2H3/t12-/m0/s1. The third-order valence-electron chi connectivity index (χ3n) is 4.05. The van der Waals surface area contributed by atoms with Crippen molar-refractivity contribution in [3.8, 4) is 11.8 Å². The van der Waals surface area contributed by atoms with Crippen LogP contribution in [0.25, 0.3) is 0 Å². The van der Waals surface area contributed by atoms with E-state index in [-0.39, 0.29) is 17.4 Å². The molecule has 1 N–H and O–H groups in total. The molecule has 1 aliphatic rings. The average molecular weight is 312 g/mol. The highest BCUT2D eigenvalue weighted by atomic mass is 16.5. The molecule has 118 valence electrons. The van der Waals surface area contributed by atoms with Crippen molar-refractivity contribution in [1.82, 2.24) is 9.13 Å². The van der Waals surface area contributed by atoms with E-state index >= 15 is 0 Å². The lowest BCUT2D eigenvalue weighted by atomic mass is 10.0. The Bertz CT molecular complexity index is 920. The van der Waals surface area contributed by atoms with Gasteiger partial charge in [0.25, 0.3) is 5.56 Å². The van der Waals surface area contributed by atoms with E-state index in [1.165, 1.54) is 18.7 Å². The van der Waals surface area contributed by atoms with Crippen LogP contribution in [0.1, 0.15) is 23.6 Å². The van der Waals surface area contributed by atoms with Gasteiger partial charge in [0.1, 0.15) is 17.6 Å². The summed E-state index contributed by atoms with van der Waals surface area (Å²) in [4.78, 5) is 24.3. The molecular weight excluding hydrogens is 296 g/mol. The molecule has 1 aromatic carbocycles. The molecule has 0 bridgehead atoms. The van der Waals surface area contributed by atoms with Crippen LogP contribution in [0.4, 0.5) is 5.82 Å². The SMILES string of the molecule is Cn1c(N[C@H]2CCOc3ccccc32)c(C#N)c(=O)n(C)c1=O. The summed E-state index contributed by atoms with van der Waals surface area (Å²) in [5.74, 6) is 1.01. The maximum Gasteiger partial charge on any atom is 0.332 e. The number of benzene rings is 1. The van der Waals surface area contributed by atoms with E-state index < -0.39 is 11.2 Å². The third kappa shape index (κ3) is 2.38. The topological polar surface area (TPSA) is 89.1 Å². The first-order chi connectivity index (χ1) is 11.0. The molecule has 0 radical (unpaired) electrons. The molecule has 2 aromatic rings. The summed E-state index contributed by atoms with van der Waals surface area (Å²) in [6.45, 7) is 0.523. The Kier molecular flexibility index (Phi) is 3.66. The van der Waals surface area contributed by atoms with E-state index in [1.807, 2.05) is 30.3 Å². The molecule has 0 aliphatic carbocycles. The number of ether oxygens (including phenoxy) is 1. The van der Waals surface area contributed by atoms with Crippen LogP contribution >= 0.6 is 0 Å². The first-order valence-corrected chi connectivity index (χ1v) is 7.23. The Balaban J connectivity index is 2.11. The van der Waals surface area contributed by atoms with Gasteiger partial charge in [-0.25, -0.2) is 4.79 Å². The Morgan fingerprint density at radius 2 is 2.00 bits per heavy atom. The maximum absolute atomic E-state index is 12.1. The molecule has 1 aromatic heterocycles. The molecule has 0 amide bonds. The van der Waals surface area contributed by atoms with E-state index in [0.29, 0.717) is 13.0 Å². The number of nitriles is 1. The summed E-state index contributed by atoms with van der Waals surface area (Å²) in [5, 5.41) is 12.5.